The second-order valence-corrected chi connectivity index (χ2v) is 8.78. The predicted molar refractivity (Wildman–Crippen MR) is 101 cm³/mol. The van der Waals surface area contributed by atoms with Crippen molar-refractivity contribution in [3.05, 3.63) is 36.0 Å². The van der Waals surface area contributed by atoms with E-state index in [0.717, 1.165) is 17.4 Å². The van der Waals surface area contributed by atoms with Crippen molar-refractivity contribution in [3.8, 4) is 0 Å². The van der Waals surface area contributed by atoms with Gasteiger partial charge in [-0.15, -0.1) is 0 Å². The number of H-pyrrole nitrogens is 1. The fourth-order valence-corrected chi connectivity index (χ4v) is 3.92. The zero-order valence-corrected chi connectivity index (χ0v) is 15.7. The number of aromatic nitrogens is 1. The molecule has 3 N–H and O–H groups in total. The number of fused-ring (bicyclic) bond motifs is 2. The number of para-hydroxylation sites is 1. The number of nitrogens with one attached hydrogen (secondary N) is 3. The highest BCUT2D eigenvalue weighted by Gasteiger charge is 2.59. The third kappa shape index (κ3) is 2.51. The fourth-order valence-electron chi connectivity index (χ4n) is 3.92. The van der Waals surface area contributed by atoms with E-state index in [2.05, 4.69) is 22.5 Å². The summed E-state index contributed by atoms with van der Waals surface area (Å²) in [5.74, 6) is -0.245. The molecule has 0 aliphatic carbocycles. The lowest BCUT2D eigenvalue weighted by molar-refractivity contribution is -0.166. The summed E-state index contributed by atoms with van der Waals surface area (Å²) in [6, 6.07) is 9.40. The molecule has 1 aromatic heterocycles. The van der Waals surface area contributed by atoms with Gasteiger partial charge in [0, 0.05) is 30.0 Å². The van der Waals surface area contributed by atoms with Gasteiger partial charge in [-0.3, -0.25) is 9.59 Å². The standard InChI is InChI=1S/C20H26N4O2/c1-19(2,3)16(18(26)24-10-15-20(24,4)11-21-15)23-17(25)14-9-12-7-5-6-8-13(12)22-14/h5-9,15-16,21-22H,10-11H2,1-4H3,(H,23,25)/t15-,16?,20?/m1/s1. The maximum Gasteiger partial charge on any atom is 0.268 e. The van der Waals surface area contributed by atoms with E-state index in [1.54, 1.807) is 0 Å². The minimum atomic E-state index is -0.570. The van der Waals surface area contributed by atoms with E-state index in [0.29, 0.717) is 18.3 Å². The van der Waals surface area contributed by atoms with Gasteiger partial charge in [-0.25, -0.2) is 0 Å². The fraction of sp³-hybridized carbons (Fsp3) is 0.500. The van der Waals surface area contributed by atoms with Gasteiger partial charge in [-0.2, -0.15) is 0 Å². The van der Waals surface area contributed by atoms with Gasteiger partial charge in [-0.05, 0) is 24.5 Å². The third-order valence-corrected chi connectivity index (χ3v) is 5.87. The van der Waals surface area contributed by atoms with Crippen molar-refractivity contribution in [1.29, 1.82) is 0 Å². The second kappa shape index (κ2) is 5.58. The summed E-state index contributed by atoms with van der Waals surface area (Å²) in [5, 5.41) is 7.30. The Balaban J connectivity index is 1.55. The van der Waals surface area contributed by atoms with Crippen LogP contribution >= 0.6 is 0 Å². The first-order chi connectivity index (χ1) is 12.2. The van der Waals surface area contributed by atoms with Crippen LogP contribution in [0.4, 0.5) is 0 Å². The Morgan fingerprint density at radius 1 is 1.31 bits per heavy atom. The molecule has 2 aromatic rings. The SMILES string of the molecule is CC(C)(C)C(NC(=O)c1cc2ccccc2[nH]1)C(=O)N1C[C@H]2NCC21C. The molecule has 138 valence electrons. The number of carbonyl (C=O) groups is 2. The molecule has 2 unspecified atom stereocenters. The lowest BCUT2D eigenvalue weighted by atomic mass is 9.72. The van der Waals surface area contributed by atoms with Crippen molar-refractivity contribution < 1.29 is 9.59 Å². The third-order valence-electron chi connectivity index (χ3n) is 5.87. The Labute approximate surface area is 153 Å². The van der Waals surface area contributed by atoms with Crippen molar-refractivity contribution in [3.63, 3.8) is 0 Å². The molecule has 2 amide bonds. The zero-order chi connectivity index (χ0) is 18.7. The van der Waals surface area contributed by atoms with Crippen molar-refractivity contribution in [1.82, 2.24) is 20.5 Å². The largest absolute Gasteiger partial charge is 0.351 e. The van der Waals surface area contributed by atoms with Crippen molar-refractivity contribution in [2.24, 2.45) is 5.41 Å². The van der Waals surface area contributed by atoms with Crippen LogP contribution in [0, 0.1) is 5.41 Å². The molecule has 2 aliphatic rings. The maximum atomic E-state index is 13.2. The zero-order valence-electron chi connectivity index (χ0n) is 15.7. The van der Waals surface area contributed by atoms with Gasteiger partial charge < -0.3 is 20.5 Å². The molecule has 0 radical (unpaired) electrons. The lowest BCUT2D eigenvalue weighted by Gasteiger charge is -2.65. The molecule has 0 bridgehead atoms. The highest BCUT2D eigenvalue weighted by atomic mass is 16.2. The Morgan fingerprint density at radius 2 is 2.04 bits per heavy atom. The molecule has 6 nitrogen and oxygen atoms in total. The van der Waals surface area contributed by atoms with Crippen LogP contribution in [-0.2, 0) is 4.79 Å². The number of piperazine rings is 1. The number of rotatable bonds is 3. The van der Waals surface area contributed by atoms with Crippen LogP contribution in [0.2, 0.25) is 0 Å². The molecule has 3 atom stereocenters. The molecular weight excluding hydrogens is 328 g/mol. The van der Waals surface area contributed by atoms with Crippen molar-refractivity contribution >= 4 is 22.7 Å². The normalized spacial score (nSPS) is 25.8. The minimum absolute atomic E-state index is 0.00205. The van der Waals surface area contributed by atoms with Gasteiger partial charge in [0.05, 0.1) is 5.54 Å². The number of benzene rings is 1. The number of hydrogen-bond donors (Lipinski definition) is 3. The smallest absolute Gasteiger partial charge is 0.268 e. The number of amides is 2. The average Bonchev–Trinajstić information content (AvgIpc) is 3.01. The topological polar surface area (TPSA) is 77.2 Å². The number of carbonyl (C=O) groups excluding carboxylic acids is 2. The van der Waals surface area contributed by atoms with Crippen LogP contribution in [0.1, 0.15) is 38.2 Å². The molecule has 6 heteroatoms. The van der Waals surface area contributed by atoms with Gasteiger partial charge >= 0.3 is 0 Å². The van der Waals surface area contributed by atoms with E-state index in [9.17, 15) is 9.59 Å². The summed E-state index contributed by atoms with van der Waals surface area (Å²) >= 11 is 0. The Hall–Kier alpha value is -2.34. The number of hydrogen-bond acceptors (Lipinski definition) is 3. The molecular formula is C20H26N4O2. The summed E-state index contributed by atoms with van der Waals surface area (Å²) in [5.41, 5.74) is 0.908. The van der Waals surface area contributed by atoms with E-state index in [1.807, 2.05) is 56.0 Å². The van der Waals surface area contributed by atoms with E-state index in [-0.39, 0.29) is 22.8 Å². The van der Waals surface area contributed by atoms with E-state index in [4.69, 9.17) is 0 Å². The number of likely N-dealkylation sites (tertiary alicyclic amines) is 1. The number of nitrogens with zero attached hydrogens (tertiary/aromatic N) is 1. The van der Waals surface area contributed by atoms with E-state index in [1.165, 1.54) is 0 Å². The quantitative estimate of drug-likeness (QED) is 0.788. The van der Waals surface area contributed by atoms with Gasteiger partial charge in [-0.1, -0.05) is 39.0 Å². The molecule has 3 heterocycles. The first-order valence-electron chi connectivity index (χ1n) is 9.14. The Morgan fingerprint density at radius 3 is 2.58 bits per heavy atom. The van der Waals surface area contributed by atoms with Gasteiger partial charge in [0.2, 0.25) is 5.91 Å². The predicted octanol–water partition coefficient (Wildman–Crippen LogP) is 1.89. The molecule has 4 rings (SSSR count). The first-order valence-corrected chi connectivity index (χ1v) is 9.14. The van der Waals surface area contributed by atoms with Crippen molar-refractivity contribution in [2.45, 2.75) is 45.3 Å². The Kier molecular flexibility index (Phi) is 3.67. The monoisotopic (exact) mass is 354 g/mol. The highest BCUT2D eigenvalue weighted by Crippen LogP contribution is 2.38. The van der Waals surface area contributed by atoms with E-state index >= 15 is 0 Å². The minimum Gasteiger partial charge on any atom is -0.351 e. The second-order valence-electron chi connectivity index (χ2n) is 8.78. The van der Waals surface area contributed by atoms with Crippen molar-refractivity contribution in [2.75, 3.05) is 13.1 Å². The lowest BCUT2D eigenvalue weighted by Crippen LogP contribution is -2.87. The van der Waals surface area contributed by atoms with Gasteiger partial charge in [0.15, 0.2) is 0 Å². The summed E-state index contributed by atoms with van der Waals surface area (Å²) in [4.78, 5) is 31.0. The first kappa shape index (κ1) is 17.1. The molecule has 2 saturated heterocycles. The van der Waals surface area contributed by atoms with E-state index < -0.39 is 6.04 Å². The average molecular weight is 354 g/mol. The van der Waals surface area contributed by atoms with Crippen LogP contribution in [0.5, 0.6) is 0 Å². The van der Waals surface area contributed by atoms with Crippen LogP contribution in [0.25, 0.3) is 10.9 Å². The molecule has 0 saturated carbocycles. The molecule has 0 spiro atoms. The summed E-state index contributed by atoms with van der Waals surface area (Å²) < 4.78 is 0. The highest BCUT2D eigenvalue weighted by molar-refractivity contribution is 6.00. The maximum absolute atomic E-state index is 13.2. The van der Waals surface area contributed by atoms with Gasteiger partial charge in [0.25, 0.3) is 5.91 Å². The molecule has 26 heavy (non-hydrogen) atoms. The van der Waals surface area contributed by atoms with Crippen LogP contribution in [0.15, 0.2) is 30.3 Å². The number of aromatic amines is 1. The van der Waals surface area contributed by atoms with Gasteiger partial charge in [0.1, 0.15) is 11.7 Å². The summed E-state index contributed by atoms with van der Waals surface area (Å²) in [7, 11) is 0. The molecule has 2 aliphatic heterocycles. The van der Waals surface area contributed by atoms with Crippen LogP contribution < -0.4 is 10.6 Å². The van der Waals surface area contributed by atoms with Crippen LogP contribution in [0.3, 0.4) is 0 Å². The van der Waals surface area contributed by atoms with Crippen LogP contribution in [-0.4, -0.2) is 52.4 Å². The summed E-state index contributed by atoms with van der Waals surface area (Å²) in [6.07, 6.45) is 0. The Bertz CT molecular complexity index is 848. The molecule has 2 fully saturated rings. The molecule has 1 aromatic carbocycles. The summed E-state index contributed by atoms with van der Waals surface area (Å²) in [6.45, 7) is 9.59.